The van der Waals surface area contributed by atoms with Gasteiger partial charge in [0.2, 0.25) is 0 Å². The maximum atomic E-state index is 5.78. The van der Waals surface area contributed by atoms with Gasteiger partial charge in [-0.05, 0) is 51.4 Å². The minimum Gasteiger partial charge on any atom is -0.490 e. The molecule has 0 saturated heterocycles. The average molecular weight is 205 g/mol. The van der Waals surface area contributed by atoms with Gasteiger partial charge in [-0.2, -0.15) is 0 Å². The second-order valence-electron chi connectivity index (χ2n) is 4.72. The van der Waals surface area contributed by atoms with Crippen molar-refractivity contribution >= 4 is 0 Å². The molecule has 1 aromatic carbocycles. The number of ether oxygens (including phenoxy) is 1. The van der Waals surface area contributed by atoms with Crippen molar-refractivity contribution in [2.24, 2.45) is 0 Å². The molecule has 0 amide bonds. The molecular weight excluding hydrogens is 186 g/mol. The van der Waals surface area contributed by atoms with E-state index in [2.05, 4.69) is 37.4 Å². The van der Waals surface area contributed by atoms with Gasteiger partial charge in [0.15, 0.2) is 0 Å². The average Bonchev–Trinajstić information content (AvgIpc) is 3.02. The van der Waals surface area contributed by atoms with Crippen molar-refractivity contribution in [1.82, 2.24) is 5.32 Å². The van der Waals surface area contributed by atoms with Crippen LogP contribution in [0, 0.1) is 0 Å². The maximum absolute atomic E-state index is 5.78. The molecule has 0 atom stereocenters. The van der Waals surface area contributed by atoms with E-state index in [0.29, 0.717) is 6.10 Å². The fourth-order valence-corrected chi connectivity index (χ4v) is 1.48. The first kappa shape index (κ1) is 10.5. The van der Waals surface area contributed by atoms with Crippen molar-refractivity contribution in [3.05, 3.63) is 29.8 Å². The fraction of sp³-hybridized carbons (Fsp3) is 0.538. The third-order valence-corrected chi connectivity index (χ3v) is 3.01. The van der Waals surface area contributed by atoms with Gasteiger partial charge in [0.1, 0.15) is 5.75 Å². The Kier molecular flexibility index (Phi) is 2.70. The Labute approximate surface area is 91.6 Å². The number of hydrogen-bond acceptors (Lipinski definition) is 2. The van der Waals surface area contributed by atoms with E-state index in [1.165, 1.54) is 18.4 Å². The molecule has 82 valence electrons. The predicted molar refractivity (Wildman–Crippen MR) is 62.2 cm³/mol. The molecule has 1 fully saturated rings. The quantitative estimate of drug-likeness (QED) is 0.816. The molecule has 2 nitrogen and oxygen atoms in total. The summed E-state index contributed by atoms with van der Waals surface area (Å²) in [7, 11) is 1.98. The Balaban J connectivity index is 2.17. The van der Waals surface area contributed by atoms with Crippen LogP contribution in [-0.2, 0) is 5.54 Å². The minimum absolute atomic E-state index is 0.00290. The van der Waals surface area contributed by atoms with Crippen LogP contribution >= 0.6 is 0 Å². The summed E-state index contributed by atoms with van der Waals surface area (Å²) in [6.07, 6.45) is 2.89. The van der Waals surface area contributed by atoms with Crippen LogP contribution in [0.25, 0.3) is 0 Å². The molecule has 1 aliphatic carbocycles. The van der Waals surface area contributed by atoms with Gasteiger partial charge in [-0.1, -0.05) is 12.1 Å². The lowest BCUT2D eigenvalue weighted by molar-refractivity contribution is 0.301. The molecule has 0 spiro atoms. The molecule has 1 aliphatic rings. The van der Waals surface area contributed by atoms with E-state index in [4.69, 9.17) is 4.74 Å². The fourth-order valence-electron chi connectivity index (χ4n) is 1.48. The van der Waals surface area contributed by atoms with Gasteiger partial charge in [-0.25, -0.2) is 0 Å². The van der Waals surface area contributed by atoms with E-state index in [9.17, 15) is 0 Å². The summed E-state index contributed by atoms with van der Waals surface area (Å²) in [4.78, 5) is 0. The highest BCUT2D eigenvalue weighted by Crippen LogP contribution is 2.29. The van der Waals surface area contributed by atoms with Crippen LogP contribution in [0.1, 0.15) is 32.3 Å². The summed E-state index contributed by atoms with van der Waals surface area (Å²) in [5, 5.41) is 3.30. The minimum atomic E-state index is 0.00290. The summed E-state index contributed by atoms with van der Waals surface area (Å²) >= 11 is 0. The molecule has 0 radical (unpaired) electrons. The summed E-state index contributed by atoms with van der Waals surface area (Å²) in [5.74, 6) is 0.998. The number of benzene rings is 1. The molecule has 2 heteroatoms. The number of nitrogens with one attached hydrogen (secondary N) is 1. The number of hydrogen-bond donors (Lipinski definition) is 1. The van der Waals surface area contributed by atoms with Crippen LogP contribution in [-0.4, -0.2) is 13.2 Å². The SMILES string of the molecule is CNC(C)(C)c1cccc(OC2CC2)c1. The summed E-state index contributed by atoms with van der Waals surface area (Å²) in [5.41, 5.74) is 1.27. The zero-order valence-corrected chi connectivity index (χ0v) is 9.71. The van der Waals surface area contributed by atoms with Gasteiger partial charge in [0.25, 0.3) is 0 Å². The zero-order chi connectivity index (χ0) is 10.9. The van der Waals surface area contributed by atoms with E-state index in [0.717, 1.165) is 5.75 Å². The predicted octanol–water partition coefficient (Wildman–Crippen LogP) is 2.68. The molecule has 0 bridgehead atoms. The molecule has 2 rings (SSSR count). The number of rotatable bonds is 4. The standard InChI is InChI=1S/C13H19NO/c1-13(2,14-3)10-5-4-6-12(9-10)15-11-7-8-11/h4-6,9,11,14H,7-8H2,1-3H3. The maximum Gasteiger partial charge on any atom is 0.120 e. The van der Waals surface area contributed by atoms with Gasteiger partial charge in [0.05, 0.1) is 6.10 Å². The highest BCUT2D eigenvalue weighted by atomic mass is 16.5. The summed E-state index contributed by atoms with van der Waals surface area (Å²) in [6.45, 7) is 4.34. The zero-order valence-electron chi connectivity index (χ0n) is 9.71. The second-order valence-corrected chi connectivity index (χ2v) is 4.72. The molecule has 0 aliphatic heterocycles. The van der Waals surface area contributed by atoms with Gasteiger partial charge < -0.3 is 10.1 Å². The smallest absolute Gasteiger partial charge is 0.120 e. The van der Waals surface area contributed by atoms with Crippen LogP contribution in [0.15, 0.2) is 24.3 Å². The van der Waals surface area contributed by atoms with Crippen LogP contribution in [0.2, 0.25) is 0 Å². The lowest BCUT2D eigenvalue weighted by Gasteiger charge is -2.25. The Morgan fingerprint density at radius 2 is 2.07 bits per heavy atom. The largest absolute Gasteiger partial charge is 0.490 e. The Morgan fingerprint density at radius 3 is 2.67 bits per heavy atom. The topological polar surface area (TPSA) is 21.3 Å². The lowest BCUT2D eigenvalue weighted by Crippen LogP contribution is -2.33. The van der Waals surface area contributed by atoms with E-state index < -0.39 is 0 Å². The summed E-state index contributed by atoms with van der Waals surface area (Å²) < 4.78 is 5.78. The van der Waals surface area contributed by atoms with Crippen molar-refractivity contribution in [3.8, 4) is 5.75 Å². The van der Waals surface area contributed by atoms with Crippen molar-refractivity contribution in [1.29, 1.82) is 0 Å². The first-order chi connectivity index (χ1) is 7.12. The Hall–Kier alpha value is -1.02. The van der Waals surface area contributed by atoms with Gasteiger partial charge in [0, 0.05) is 5.54 Å². The van der Waals surface area contributed by atoms with Gasteiger partial charge in [-0.15, -0.1) is 0 Å². The monoisotopic (exact) mass is 205 g/mol. The molecule has 0 heterocycles. The molecule has 15 heavy (non-hydrogen) atoms. The van der Waals surface area contributed by atoms with Crippen LogP contribution in [0.5, 0.6) is 5.75 Å². The van der Waals surface area contributed by atoms with E-state index >= 15 is 0 Å². The molecular formula is C13H19NO. The lowest BCUT2D eigenvalue weighted by atomic mass is 9.94. The van der Waals surface area contributed by atoms with Crippen molar-refractivity contribution in [3.63, 3.8) is 0 Å². The molecule has 1 aromatic rings. The molecule has 0 unspecified atom stereocenters. The third kappa shape index (κ3) is 2.51. The van der Waals surface area contributed by atoms with Crippen LogP contribution in [0.3, 0.4) is 0 Å². The van der Waals surface area contributed by atoms with Crippen LogP contribution < -0.4 is 10.1 Å². The van der Waals surface area contributed by atoms with Gasteiger partial charge >= 0.3 is 0 Å². The van der Waals surface area contributed by atoms with Crippen LogP contribution in [0.4, 0.5) is 0 Å². The normalized spacial score (nSPS) is 16.5. The first-order valence-corrected chi connectivity index (χ1v) is 5.58. The Morgan fingerprint density at radius 1 is 1.33 bits per heavy atom. The van der Waals surface area contributed by atoms with E-state index in [1.807, 2.05) is 13.1 Å². The first-order valence-electron chi connectivity index (χ1n) is 5.58. The Bertz CT molecular complexity index is 342. The highest BCUT2D eigenvalue weighted by Gasteiger charge is 2.24. The van der Waals surface area contributed by atoms with E-state index in [-0.39, 0.29) is 5.54 Å². The van der Waals surface area contributed by atoms with Crippen molar-refractivity contribution in [2.75, 3.05) is 7.05 Å². The van der Waals surface area contributed by atoms with Crippen molar-refractivity contribution in [2.45, 2.75) is 38.3 Å². The summed E-state index contributed by atoms with van der Waals surface area (Å²) in [6, 6.07) is 8.37. The van der Waals surface area contributed by atoms with Gasteiger partial charge in [-0.3, -0.25) is 0 Å². The van der Waals surface area contributed by atoms with E-state index in [1.54, 1.807) is 0 Å². The molecule has 0 aromatic heterocycles. The second kappa shape index (κ2) is 3.86. The molecule has 1 saturated carbocycles. The third-order valence-electron chi connectivity index (χ3n) is 3.01. The highest BCUT2D eigenvalue weighted by molar-refractivity contribution is 5.33. The van der Waals surface area contributed by atoms with Crippen molar-refractivity contribution < 1.29 is 4.74 Å². The molecule has 1 N–H and O–H groups in total.